The minimum absolute atomic E-state index is 0.0663. The second-order valence-corrected chi connectivity index (χ2v) is 8.23. The standard InChI is InChI=1S/C16H23F3N2O3S/c1-12(2)10-21-7-8-24-13(11-21)9-20-25(22,23)15-6-4-3-5-14(15)16(17,18)19/h3-6,12-13,20H,7-11H2,1-2H3. The average molecular weight is 380 g/mol. The summed E-state index contributed by atoms with van der Waals surface area (Å²) < 4.78 is 71.5. The lowest BCUT2D eigenvalue weighted by Gasteiger charge is -2.34. The van der Waals surface area contributed by atoms with Gasteiger partial charge in [-0.1, -0.05) is 26.0 Å². The number of halogens is 3. The molecule has 1 N–H and O–H groups in total. The lowest BCUT2D eigenvalue weighted by atomic mass is 10.2. The molecule has 1 aliphatic heterocycles. The van der Waals surface area contributed by atoms with Gasteiger partial charge in [-0.3, -0.25) is 4.90 Å². The highest BCUT2D eigenvalue weighted by Crippen LogP contribution is 2.33. The SMILES string of the molecule is CC(C)CN1CCOC(CNS(=O)(=O)c2ccccc2C(F)(F)F)C1. The molecule has 1 heterocycles. The number of hydrogen-bond acceptors (Lipinski definition) is 4. The van der Waals surface area contributed by atoms with Crippen molar-refractivity contribution < 1.29 is 26.3 Å². The number of morpholine rings is 1. The van der Waals surface area contributed by atoms with E-state index in [-0.39, 0.29) is 12.6 Å². The predicted molar refractivity (Wildman–Crippen MR) is 87.7 cm³/mol. The van der Waals surface area contributed by atoms with E-state index in [4.69, 9.17) is 4.74 Å². The molecule has 0 aliphatic carbocycles. The first-order valence-corrected chi connectivity index (χ1v) is 9.58. The highest BCUT2D eigenvalue weighted by Gasteiger charge is 2.37. The first-order chi connectivity index (χ1) is 11.6. The van der Waals surface area contributed by atoms with E-state index >= 15 is 0 Å². The van der Waals surface area contributed by atoms with E-state index in [2.05, 4.69) is 23.5 Å². The summed E-state index contributed by atoms with van der Waals surface area (Å²) in [6, 6.07) is 4.15. The van der Waals surface area contributed by atoms with E-state index in [0.29, 0.717) is 19.1 Å². The molecule has 1 aromatic rings. The first-order valence-electron chi connectivity index (χ1n) is 8.09. The zero-order chi connectivity index (χ0) is 18.7. The summed E-state index contributed by atoms with van der Waals surface area (Å²) in [4.78, 5) is 1.40. The molecule has 0 aromatic heterocycles. The van der Waals surface area contributed by atoms with Crippen LogP contribution in [0.1, 0.15) is 19.4 Å². The number of hydrogen-bond donors (Lipinski definition) is 1. The van der Waals surface area contributed by atoms with Gasteiger partial charge in [0, 0.05) is 26.2 Å². The van der Waals surface area contributed by atoms with Gasteiger partial charge < -0.3 is 4.74 Å². The lowest BCUT2D eigenvalue weighted by Crippen LogP contribution is -2.48. The summed E-state index contributed by atoms with van der Waals surface area (Å²) in [6.07, 6.45) is -5.12. The third-order valence-corrected chi connectivity index (χ3v) is 5.31. The Kier molecular flexibility index (Phi) is 6.47. The van der Waals surface area contributed by atoms with Crippen LogP contribution < -0.4 is 4.72 Å². The molecule has 5 nitrogen and oxygen atoms in total. The number of alkyl halides is 3. The molecule has 1 fully saturated rings. The number of sulfonamides is 1. The van der Waals surface area contributed by atoms with Gasteiger partial charge in [-0.15, -0.1) is 0 Å². The minimum Gasteiger partial charge on any atom is -0.374 e. The molecule has 0 saturated carbocycles. The molecule has 1 aromatic carbocycles. The summed E-state index contributed by atoms with van der Waals surface area (Å²) >= 11 is 0. The van der Waals surface area contributed by atoms with Gasteiger partial charge in [-0.05, 0) is 18.1 Å². The zero-order valence-electron chi connectivity index (χ0n) is 14.2. The fraction of sp³-hybridized carbons (Fsp3) is 0.625. The molecular formula is C16H23F3N2O3S. The average Bonchev–Trinajstić information content (AvgIpc) is 2.52. The van der Waals surface area contributed by atoms with E-state index in [9.17, 15) is 21.6 Å². The van der Waals surface area contributed by atoms with Crippen LogP contribution >= 0.6 is 0 Å². The molecule has 0 amide bonds. The van der Waals surface area contributed by atoms with Gasteiger partial charge in [0.05, 0.1) is 23.2 Å². The Morgan fingerprint density at radius 3 is 2.64 bits per heavy atom. The van der Waals surface area contributed by atoms with E-state index in [1.807, 2.05) is 0 Å². The van der Waals surface area contributed by atoms with Gasteiger partial charge in [0.2, 0.25) is 10.0 Å². The second kappa shape index (κ2) is 8.03. The quantitative estimate of drug-likeness (QED) is 0.823. The van der Waals surface area contributed by atoms with Crippen LogP contribution in [-0.4, -0.2) is 52.2 Å². The number of rotatable bonds is 6. The summed E-state index contributed by atoms with van der Waals surface area (Å²) in [5.74, 6) is 0.467. The Bertz CT molecular complexity index is 677. The molecule has 9 heteroatoms. The van der Waals surface area contributed by atoms with Crippen molar-refractivity contribution in [1.29, 1.82) is 0 Å². The van der Waals surface area contributed by atoms with Gasteiger partial charge in [-0.25, -0.2) is 13.1 Å². The molecule has 0 spiro atoms. The van der Waals surface area contributed by atoms with Crippen LogP contribution in [0.2, 0.25) is 0 Å². The van der Waals surface area contributed by atoms with Crippen molar-refractivity contribution in [3.8, 4) is 0 Å². The molecular weight excluding hydrogens is 357 g/mol. The summed E-state index contributed by atoms with van der Waals surface area (Å²) in [5, 5.41) is 0. The van der Waals surface area contributed by atoms with Gasteiger partial charge in [0.25, 0.3) is 0 Å². The van der Waals surface area contributed by atoms with Crippen LogP contribution in [0.25, 0.3) is 0 Å². The smallest absolute Gasteiger partial charge is 0.374 e. The van der Waals surface area contributed by atoms with Crippen LogP contribution in [-0.2, 0) is 20.9 Å². The Labute approximate surface area is 146 Å². The first kappa shape index (κ1) is 20.2. The maximum Gasteiger partial charge on any atom is 0.417 e. The second-order valence-electron chi connectivity index (χ2n) is 6.49. The van der Waals surface area contributed by atoms with Crippen molar-refractivity contribution in [2.24, 2.45) is 5.92 Å². The largest absolute Gasteiger partial charge is 0.417 e. The maximum absolute atomic E-state index is 13.0. The number of nitrogens with zero attached hydrogens (tertiary/aromatic N) is 1. The highest BCUT2D eigenvalue weighted by atomic mass is 32.2. The van der Waals surface area contributed by atoms with E-state index in [0.717, 1.165) is 31.3 Å². The van der Waals surface area contributed by atoms with Gasteiger partial charge in [0.1, 0.15) is 0 Å². The van der Waals surface area contributed by atoms with Crippen molar-refractivity contribution in [3.05, 3.63) is 29.8 Å². The summed E-state index contributed by atoms with van der Waals surface area (Å²) in [5.41, 5.74) is -1.17. The Morgan fingerprint density at radius 2 is 2.00 bits per heavy atom. The molecule has 0 bridgehead atoms. The van der Waals surface area contributed by atoms with E-state index in [1.165, 1.54) is 6.07 Å². The highest BCUT2D eigenvalue weighted by molar-refractivity contribution is 7.89. The van der Waals surface area contributed by atoms with Gasteiger partial charge in [0.15, 0.2) is 0 Å². The third kappa shape index (κ3) is 5.67. The van der Waals surface area contributed by atoms with Crippen molar-refractivity contribution in [1.82, 2.24) is 9.62 Å². The molecule has 1 saturated heterocycles. The van der Waals surface area contributed by atoms with Crippen molar-refractivity contribution in [3.63, 3.8) is 0 Å². The monoisotopic (exact) mass is 380 g/mol. The van der Waals surface area contributed by atoms with Crippen LogP contribution in [0.15, 0.2) is 29.2 Å². The summed E-state index contributed by atoms with van der Waals surface area (Å²) in [6.45, 7) is 6.74. The van der Waals surface area contributed by atoms with Crippen molar-refractivity contribution in [2.45, 2.75) is 31.0 Å². The van der Waals surface area contributed by atoms with Gasteiger partial charge in [-0.2, -0.15) is 13.2 Å². The van der Waals surface area contributed by atoms with E-state index in [1.54, 1.807) is 0 Å². The molecule has 1 unspecified atom stereocenters. The molecule has 142 valence electrons. The molecule has 1 aliphatic rings. The van der Waals surface area contributed by atoms with Crippen molar-refractivity contribution >= 4 is 10.0 Å². The number of nitrogens with one attached hydrogen (secondary N) is 1. The van der Waals surface area contributed by atoms with Crippen LogP contribution in [0.3, 0.4) is 0 Å². The van der Waals surface area contributed by atoms with Gasteiger partial charge >= 0.3 is 6.18 Å². The summed E-state index contributed by atoms with van der Waals surface area (Å²) in [7, 11) is -4.28. The van der Waals surface area contributed by atoms with Crippen LogP contribution in [0.5, 0.6) is 0 Å². The zero-order valence-corrected chi connectivity index (χ0v) is 15.0. The number of ether oxygens (including phenoxy) is 1. The predicted octanol–water partition coefficient (Wildman–Crippen LogP) is 2.34. The Balaban J connectivity index is 2.05. The molecule has 0 radical (unpaired) electrons. The van der Waals surface area contributed by atoms with E-state index < -0.39 is 26.7 Å². The van der Waals surface area contributed by atoms with Crippen LogP contribution in [0.4, 0.5) is 13.2 Å². The molecule has 1 atom stereocenters. The maximum atomic E-state index is 13.0. The Morgan fingerprint density at radius 1 is 1.32 bits per heavy atom. The molecule has 25 heavy (non-hydrogen) atoms. The topological polar surface area (TPSA) is 58.6 Å². The minimum atomic E-state index is -4.74. The fourth-order valence-corrected chi connectivity index (χ4v) is 4.09. The number of benzene rings is 1. The molecule has 2 rings (SSSR count). The lowest BCUT2D eigenvalue weighted by molar-refractivity contribution is -0.139. The fourth-order valence-electron chi connectivity index (χ4n) is 2.80. The van der Waals surface area contributed by atoms with Crippen molar-refractivity contribution in [2.75, 3.05) is 32.8 Å². The normalized spacial score (nSPS) is 20.2. The third-order valence-electron chi connectivity index (χ3n) is 3.83. The van der Waals surface area contributed by atoms with Crippen LogP contribution in [0, 0.1) is 5.92 Å². The Hall–Kier alpha value is -1.16.